The van der Waals surface area contributed by atoms with Crippen LogP contribution in [0.3, 0.4) is 0 Å². The van der Waals surface area contributed by atoms with E-state index in [2.05, 4.69) is 20.2 Å². The number of amides is 2. The summed E-state index contributed by atoms with van der Waals surface area (Å²) < 4.78 is 17.4. The van der Waals surface area contributed by atoms with Gasteiger partial charge in [-0.15, -0.1) is 0 Å². The zero-order valence-corrected chi connectivity index (χ0v) is 22.5. The van der Waals surface area contributed by atoms with Crippen LogP contribution in [0.15, 0.2) is 12.4 Å². The Kier molecular flexibility index (Phi) is 7.71. The first-order valence-electron chi connectivity index (χ1n) is 12.3. The van der Waals surface area contributed by atoms with Gasteiger partial charge in [-0.25, -0.2) is 14.8 Å². The van der Waals surface area contributed by atoms with Gasteiger partial charge in [0, 0.05) is 44.0 Å². The predicted molar refractivity (Wildman–Crippen MR) is 135 cm³/mol. The molecule has 1 aromatic heterocycles. The van der Waals surface area contributed by atoms with E-state index in [1.165, 1.54) is 0 Å². The lowest BCUT2D eigenvalue weighted by Gasteiger charge is -2.38. The Hall–Kier alpha value is -2.40. The zero-order chi connectivity index (χ0) is 26.2. The Morgan fingerprint density at radius 3 is 2.31 bits per heavy atom. The topological polar surface area (TPSA) is 106 Å². The van der Waals surface area contributed by atoms with Crippen LogP contribution in [0.5, 0.6) is 0 Å². The Balaban J connectivity index is 1.59. The van der Waals surface area contributed by atoms with E-state index in [1.807, 2.05) is 27.7 Å². The molecule has 2 fully saturated rings. The monoisotopic (exact) mass is 489 g/mol. The summed E-state index contributed by atoms with van der Waals surface area (Å²) in [4.78, 5) is 37.9. The molecule has 2 aliphatic heterocycles. The SMILES string of the molecule is C[C@H](NC(=O)OC(C)(C)C)C(=O)N(C)[C@@H]1CCCN(c2ncc(B3OC(C)(C)C(C)(C)O3)cn2)C1. The molecule has 2 amide bonds. The van der Waals surface area contributed by atoms with Crippen molar-refractivity contribution in [3.63, 3.8) is 0 Å². The van der Waals surface area contributed by atoms with E-state index in [-0.39, 0.29) is 11.9 Å². The first kappa shape index (κ1) is 27.2. The minimum Gasteiger partial charge on any atom is -0.444 e. The minimum atomic E-state index is -0.694. The second-order valence-electron chi connectivity index (χ2n) is 11.5. The van der Waals surface area contributed by atoms with Crippen molar-refractivity contribution in [2.24, 2.45) is 0 Å². The second-order valence-corrected chi connectivity index (χ2v) is 11.5. The maximum atomic E-state index is 13.0. The van der Waals surface area contributed by atoms with E-state index < -0.39 is 36.1 Å². The first-order chi connectivity index (χ1) is 16.1. The largest absolute Gasteiger partial charge is 0.498 e. The Morgan fingerprint density at radius 2 is 1.77 bits per heavy atom. The number of hydrogen-bond donors (Lipinski definition) is 1. The fraction of sp³-hybridized carbons (Fsp3) is 0.750. The van der Waals surface area contributed by atoms with Crippen molar-refractivity contribution in [3.8, 4) is 0 Å². The summed E-state index contributed by atoms with van der Waals surface area (Å²) in [5.74, 6) is 0.440. The van der Waals surface area contributed by atoms with Gasteiger partial charge in [0.25, 0.3) is 0 Å². The van der Waals surface area contributed by atoms with Crippen LogP contribution in [-0.4, -0.2) is 83.0 Å². The van der Waals surface area contributed by atoms with Crippen molar-refractivity contribution >= 4 is 30.5 Å². The van der Waals surface area contributed by atoms with Crippen LogP contribution in [0.25, 0.3) is 0 Å². The summed E-state index contributed by atoms with van der Waals surface area (Å²) in [7, 11) is 1.26. The van der Waals surface area contributed by atoms with Crippen LogP contribution in [0.2, 0.25) is 0 Å². The zero-order valence-electron chi connectivity index (χ0n) is 22.5. The number of piperidine rings is 1. The molecule has 0 aliphatic carbocycles. The van der Waals surface area contributed by atoms with Gasteiger partial charge in [-0.05, 0) is 68.2 Å². The van der Waals surface area contributed by atoms with Gasteiger partial charge in [-0.2, -0.15) is 0 Å². The van der Waals surface area contributed by atoms with Crippen molar-refractivity contribution in [2.75, 3.05) is 25.0 Å². The van der Waals surface area contributed by atoms with Gasteiger partial charge in [0.2, 0.25) is 11.9 Å². The van der Waals surface area contributed by atoms with Crippen molar-refractivity contribution < 1.29 is 23.6 Å². The van der Waals surface area contributed by atoms with Crippen molar-refractivity contribution in [3.05, 3.63) is 12.4 Å². The fourth-order valence-electron chi connectivity index (χ4n) is 4.08. The molecule has 3 heterocycles. The number of rotatable bonds is 5. The number of likely N-dealkylation sites (N-methyl/N-ethyl adjacent to an activating group) is 1. The molecule has 2 saturated heterocycles. The molecule has 1 N–H and O–H groups in total. The lowest BCUT2D eigenvalue weighted by molar-refractivity contribution is -0.134. The lowest BCUT2D eigenvalue weighted by Crippen LogP contribution is -2.54. The predicted octanol–water partition coefficient (Wildman–Crippen LogP) is 2.12. The maximum Gasteiger partial charge on any atom is 0.498 e. The highest BCUT2D eigenvalue weighted by Gasteiger charge is 2.52. The number of carbonyl (C=O) groups excluding carboxylic acids is 2. The summed E-state index contributed by atoms with van der Waals surface area (Å²) in [6.45, 7) is 16.5. The quantitative estimate of drug-likeness (QED) is 0.627. The van der Waals surface area contributed by atoms with Gasteiger partial charge in [-0.3, -0.25) is 4.79 Å². The van der Waals surface area contributed by atoms with Crippen molar-refractivity contribution in [2.45, 2.75) is 97.1 Å². The summed E-state index contributed by atoms with van der Waals surface area (Å²) in [6.07, 6.45) is 4.65. The van der Waals surface area contributed by atoms with Crippen LogP contribution in [0.1, 0.15) is 68.2 Å². The van der Waals surface area contributed by atoms with E-state index in [0.717, 1.165) is 24.8 Å². The highest BCUT2D eigenvalue weighted by Crippen LogP contribution is 2.36. The van der Waals surface area contributed by atoms with Crippen LogP contribution in [0, 0.1) is 0 Å². The third-order valence-electron chi connectivity index (χ3n) is 6.86. The third kappa shape index (κ3) is 6.44. The Morgan fingerprint density at radius 1 is 1.20 bits per heavy atom. The van der Waals surface area contributed by atoms with E-state index in [1.54, 1.807) is 52.0 Å². The van der Waals surface area contributed by atoms with Gasteiger partial charge >= 0.3 is 13.2 Å². The van der Waals surface area contributed by atoms with Gasteiger partial charge in [0.1, 0.15) is 11.6 Å². The second kappa shape index (κ2) is 9.93. The number of ether oxygens (including phenoxy) is 1. The Labute approximate surface area is 209 Å². The van der Waals surface area contributed by atoms with E-state index in [4.69, 9.17) is 14.0 Å². The number of nitrogens with zero attached hydrogens (tertiary/aromatic N) is 4. The van der Waals surface area contributed by atoms with Crippen LogP contribution >= 0.6 is 0 Å². The first-order valence-corrected chi connectivity index (χ1v) is 12.3. The Bertz CT molecular complexity index is 902. The molecule has 0 radical (unpaired) electrons. The molecule has 3 rings (SSSR count). The average molecular weight is 489 g/mol. The normalized spacial score (nSPS) is 22.5. The molecule has 1 aromatic rings. The van der Waals surface area contributed by atoms with E-state index in [9.17, 15) is 9.59 Å². The molecule has 194 valence electrons. The summed E-state index contributed by atoms with van der Waals surface area (Å²) in [5.41, 5.74) is -0.706. The summed E-state index contributed by atoms with van der Waals surface area (Å²) >= 11 is 0. The molecule has 0 aromatic carbocycles. The van der Waals surface area contributed by atoms with E-state index >= 15 is 0 Å². The van der Waals surface area contributed by atoms with Crippen molar-refractivity contribution in [1.82, 2.24) is 20.2 Å². The van der Waals surface area contributed by atoms with Gasteiger partial charge in [0.05, 0.1) is 11.2 Å². The smallest absolute Gasteiger partial charge is 0.444 e. The lowest BCUT2D eigenvalue weighted by atomic mass is 9.81. The molecular formula is C24H40BN5O5. The molecule has 2 atom stereocenters. The highest BCUT2D eigenvalue weighted by molar-refractivity contribution is 6.61. The molecule has 0 spiro atoms. The number of aromatic nitrogens is 2. The van der Waals surface area contributed by atoms with Crippen molar-refractivity contribution in [1.29, 1.82) is 0 Å². The molecule has 11 heteroatoms. The molecule has 35 heavy (non-hydrogen) atoms. The van der Waals surface area contributed by atoms with Crippen LogP contribution in [0.4, 0.5) is 10.7 Å². The molecular weight excluding hydrogens is 449 g/mol. The van der Waals surface area contributed by atoms with Crippen LogP contribution < -0.4 is 15.7 Å². The molecule has 0 saturated carbocycles. The number of anilines is 1. The molecule has 10 nitrogen and oxygen atoms in total. The van der Waals surface area contributed by atoms with E-state index in [0.29, 0.717) is 12.5 Å². The van der Waals surface area contributed by atoms with Gasteiger partial charge in [0.15, 0.2) is 0 Å². The standard InChI is InChI=1S/C24H40BN5O5/c1-16(28-21(32)33-22(2,3)4)19(31)29(9)18-11-10-12-30(15-18)20-26-13-17(14-27-20)25-34-23(5,6)24(7,8)35-25/h13-14,16,18H,10-12,15H2,1-9H3,(H,28,32)/t16-,18+/m0/s1. The molecule has 0 unspecified atom stereocenters. The molecule has 0 bridgehead atoms. The van der Waals surface area contributed by atoms with Gasteiger partial charge < -0.3 is 29.2 Å². The highest BCUT2D eigenvalue weighted by atomic mass is 16.7. The minimum absolute atomic E-state index is 0.0227. The number of carbonyl (C=O) groups is 2. The number of alkyl carbamates (subject to hydrolysis) is 1. The summed E-state index contributed by atoms with van der Waals surface area (Å²) in [6, 6.07) is -0.716. The maximum absolute atomic E-state index is 13.0. The third-order valence-corrected chi connectivity index (χ3v) is 6.86. The number of nitrogens with one attached hydrogen (secondary N) is 1. The number of hydrogen-bond acceptors (Lipinski definition) is 8. The fourth-order valence-corrected chi connectivity index (χ4v) is 4.08. The van der Waals surface area contributed by atoms with Crippen LogP contribution in [-0.2, 0) is 18.8 Å². The summed E-state index contributed by atoms with van der Waals surface area (Å²) in [5, 5.41) is 2.63. The average Bonchev–Trinajstić information content (AvgIpc) is 2.98. The molecule has 2 aliphatic rings. The van der Waals surface area contributed by atoms with Gasteiger partial charge in [-0.1, -0.05) is 0 Å².